The summed E-state index contributed by atoms with van der Waals surface area (Å²) in [6.07, 6.45) is 1.26. The van der Waals surface area contributed by atoms with E-state index >= 15 is 0 Å². The lowest BCUT2D eigenvalue weighted by Crippen LogP contribution is -2.60. The number of likely N-dealkylation sites (tertiary alicyclic amines) is 1. The molecule has 10 heteroatoms. The highest BCUT2D eigenvalue weighted by atomic mass is 35.5. The van der Waals surface area contributed by atoms with Crippen molar-refractivity contribution >= 4 is 46.3 Å². The third-order valence-electron chi connectivity index (χ3n) is 5.10. The Bertz CT molecular complexity index is 1080. The van der Waals surface area contributed by atoms with E-state index in [2.05, 4.69) is 42.6 Å². The first-order valence-corrected chi connectivity index (χ1v) is 11.3. The second-order valence-corrected chi connectivity index (χ2v) is 9.96. The van der Waals surface area contributed by atoms with Crippen molar-refractivity contribution in [1.29, 1.82) is 0 Å². The molecule has 0 saturated carbocycles. The summed E-state index contributed by atoms with van der Waals surface area (Å²) in [5.41, 5.74) is 14.5. The molecule has 2 aromatic rings. The summed E-state index contributed by atoms with van der Waals surface area (Å²) in [7, 11) is 0. The lowest BCUT2D eigenvalue weighted by molar-refractivity contribution is -0.130. The van der Waals surface area contributed by atoms with Gasteiger partial charge in [0.25, 0.3) is 5.91 Å². The van der Waals surface area contributed by atoms with E-state index in [0.29, 0.717) is 40.1 Å². The summed E-state index contributed by atoms with van der Waals surface area (Å²) in [5.74, 6) is -0.137. The number of aromatic nitrogens is 1. The first-order chi connectivity index (χ1) is 15.0. The molecular weight excluding hydrogens is 448 g/mol. The summed E-state index contributed by atoms with van der Waals surface area (Å²) in [4.78, 5) is 34.2. The number of amidine groups is 1. The molecule has 1 aliphatic rings. The normalized spacial score (nSPS) is 14.8. The Labute approximate surface area is 196 Å². The third kappa shape index (κ3) is 5.28. The number of halogens is 1. The maximum atomic E-state index is 12.4. The molecule has 0 spiro atoms. The summed E-state index contributed by atoms with van der Waals surface area (Å²) < 4.78 is 0. The number of amides is 2. The van der Waals surface area contributed by atoms with E-state index < -0.39 is 0 Å². The van der Waals surface area contributed by atoms with E-state index in [0.717, 1.165) is 5.56 Å². The molecule has 1 aromatic carbocycles. The van der Waals surface area contributed by atoms with Crippen LogP contribution in [0.3, 0.4) is 0 Å². The number of thiazole rings is 1. The topological polar surface area (TPSA) is 127 Å². The molecule has 2 heterocycles. The lowest BCUT2D eigenvalue weighted by Gasteiger charge is -2.38. The van der Waals surface area contributed by atoms with Crippen molar-refractivity contribution in [3.05, 3.63) is 57.0 Å². The van der Waals surface area contributed by atoms with Crippen LogP contribution >= 0.6 is 22.9 Å². The second kappa shape index (κ2) is 9.30. The summed E-state index contributed by atoms with van der Waals surface area (Å²) in [6.45, 7) is 10.8. The number of nitrogen functional groups attached to an aromatic ring is 1. The smallest absolute Gasteiger partial charge is 0.271 e. The first kappa shape index (κ1) is 23.7. The van der Waals surface area contributed by atoms with Crippen LogP contribution in [0.5, 0.6) is 0 Å². The number of carbonyl (C=O) groups is 2. The number of carbonyl (C=O) groups excluding carboxylic acids is 2. The summed E-state index contributed by atoms with van der Waals surface area (Å²) in [6, 6.07) is 3.47. The van der Waals surface area contributed by atoms with E-state index in [1.807, 2.05) is 6.07 Å². The van der Waals surface area contributed by atoms with Crippen molar-refractivity contribution < 1.29 is 9.59 Å². The molecule has 0 atom stereocenters. The van der Waals surface area contributed by atoms with Gasteiger partial charge in [0, 0.05) is 34.7 Å². The number of nitrogens with zero attached hydrogens (tertiary/aromatic N) is 3. The van der Waals surface area contributed by atoms with Crippen LogP contribution in [-0.2, 0) is 16.8 Å². The first-order valence-electron chi connectivity index (χ1n) is 10.1. The minimum atomic E-state index is -0.281. The minimum absolute atomic E-state index is 0.0879. The van der Waals surface area contributed by atoms with Gasteiger partial charge in [0.1, 0.15) is 16.5 Å². The van der Waals surface area contributed by atoms with Gasteiger partial charge in [0.2, 0.25) is 5.91 Å². The molecule has 8 nitrogen and oxygen atoms in total. The molecule has 2 amide bonds. The van der Waals surface area contributed by atoms with Crippen LogP contribution in [0.25, 0.3) is 0 Å². The number of hydrogen-bond acceptors (Lipinski definition) is 6. The molecular formula is C22H27ClN6O2S. The Kier molecular flexibility index (Phi) is 6.90. The van der Waals surface area contributed by atoms with Crippen LogP contribution in [0.4, 0.5) is 5.69 Å². The van der Waals surface area contributed by atoms with Crippen LogP contribution in [0.2, 0.25) is 5.02 Å². The monoisotopic (exact) mass is 474 g/mol. The second-order valence-electron chi connectivity index (χ2n) is 8.61. The van der Waals surface area contributed by atoms with Crippen molar-refractivity contribution in [1.82, 2.24) is 15.2 Å². The highest BCUT2D eigenvalue weighted by Gasteiger charge is 2.31. The fourth-order valence-electron chi connectivity index (χ4n) is 3.25. The van der Waals surface area contributed by atoms with Crippen LogP contribution in [0, 0.1) is 0 Å². The molecule has 1 aromatic heterocycles. The molecule has 0 bridgehead atoms. The predicted molar refractivity (Wildman–Crippen MR) is 129 cm³/mol. The molecule has 32 heavy (non-hydrogen) atoms. The Morgan fingerprint density at radius 3 is 2.72 bits per heavy atom. The molecule has 1 aliphatic heterocycles. The van der Waals surface area contributed by atoms with Gasteiger partial charge in [-0.1, -0.05) is 39.0 Å². The molecule has 0 aliphatic carbocycles. The van der Waals surface area contributed by atoms with Crippen molar-refractivity contribution in [2.24, 2.45) is 10.7 Å². The lowest BCUT2D eigenvalue weighted by atomic mass is 9.85. The average molecular weight is 475 g/mol. The zero-order valence-electron chi connectivity index (χ0n) is 18.3. The van der Waals surface area contributed by atoms with Crippen LogP contribution in [0.1, 0.15) is 47.4 Å². The zero-order valence-corrected chi connectivity index (χ0v) is 19.9. The van der Waals surface area contributed by atoms with E-state index in [9.17, 15) is 9.59 Å². The third-order valence-corrected chi connectivity index (χ3v) is 6.24. The maximum absolute atomic E-state index is 12.4. The van der Waals surface area contributed by atoms with Gasteiger partial charge in [0.05, 0.1) is 12.6 Å². The number of anilines is 1. The molecule has 0 unspecified atom stereocenters. The highest BCUT2D eigenvalue weighted by Crippen LogP contribution is 2.33. The minimum Gasteiger partial charge on any atom is -0.398 e. The quantitative estimate of drug-likeness (QED) is 0.257. The van der Waals surface area contributed by atoms with Gasteiger partial charge in [-0.2, -0.15) is 0 Å². The van der Waals surface area contributed by atoms with Crippen LogP contribution in [0.15, 0.2) is 35.2 Å². The van der Waals surface area contributed by atoms with E-state index in [1.54, 1.807) is 16.3 Å². The SMILES string of the molecule is C=CC(=O)N1CC(NC(=O)c2csc(CN=C(N)c3cc(C(C)(C)C)c(Cl)cc3N)n2)C1. The van der Waals surface area contributed by atoms with Crippen molar-refractivity contribution in [3.63, 3.8) is 0 Å². The van der Waals surface area contributed by atoms with Gasteiger partial charge in [0.15, 0.2) is 0 Å². The number of nitrogens with one attached hydrogen (secondary N) is 1. The Morgan fingerprint density at radius 1 is 1.41 bits per heavy atom. The van der Waals surface area contributed by atoms with Gasteiger partial charge in [-0.3, -0.25) is 14.6 Å². The van der Waals surface area contributed by atoms with E-state index in [4.69, 9.17) is 23.1 Å². The fraction of sp³-hybridized carbons (Fsp3) is 0.364. The van der Waals surface area contributed by atoms with E-state index in [-0.39, 0.29) is 35.7 Å². The number of nitrogens with two attached hydrogens (primary N) is 2. The Hall–Kier alpha value is -2.91. The average Bonchev–Trinajstić information content (AvgIpc) is 3.16. The van der Waals surface area contributed by atoms with Gasteiger partial charge in [-0.05, 0) is 29.2 Å². The maximum Gasteiger partial charge on any atom is 0.271 e. The highest BCUT2D eigenvalue weighted by molar-refractivity contribution is 7.09. The molecule has 3 rings (SSSR count). The van der Waals surface area contributed by atoms with Gasteiger partial charge in [-0.25, -0.2) is 4.98 Å². The molecule has 1 saturated heterocycles. The van der Waals surface area contributed by atoms with Crippen molar-refractivity contribution in [2.75, 3.05) is 18.8 Å². The van der Waals surface area contributed by atoms with Gasteiger partial charge >= 0.3 is 0 Å². The summed E-state index contributed by atoms with van der Waals surface area (Å²) >= 11 is 7.67. The number of hydrogen-bond donors (Lipinski definition) is 3. The standard InChI is InChI=1S/C22H27ClN6O2S/c1-5-19(30)29-9-12(10-29)27-21(31)17-11-32-18(28-17)8-26-20(25)13-6-14(22(2,3)4)15(23)7-16(13)24/h5-7,11-12H,1,8-10,24H2,2-4H3,(H2,25,26)(H,27,31). The van der Waals surface area contributed by atoms with Gasteiger partial charge < -0.3 is 21.7 Å². The number of aliphatic imine (C=N–C) groups is 1. The molecule has 5 N–H and O–H groups in total. The largest absolute Gasteiger partial charge is 0.398 e. The predicted octanol–water partition coefficient (Wildman–Crippen LogP) is 2.71. The number of benzene rings is 1. The molecule has 0 radical (unpaired) electrons. The Morgan fingerprint density at radius 2 is 2.09 bits per heavy atom. The summed E-state index contributed by atoms with van der Waals surface area (Å²) in [5, 5.41) is 5.78. The van der Waals surface area contributed by atoms with Crippen LogP contribution in [-0.4, -0.2) is 46.7 Å². The van der Waals surface area contributed by atoms with Gasteiger partial charge in [-0.15, -0.1) is 11.3 Å². The van der Waals surface area contributed by atoms with Crippen LogP contribution < -0.4 is 16.8 Å². The van der Waals surface area contributed by atoms with Crippen molar-refractivity contribution in [3.8, 4) is 0 Å². The zero-order chi connectivity index (χ0) is 23.6. The Balaban J connectivity index is 1.64. The molecule has 170 valence electrons. The molecule has 1 fully saturated rings. The fourth-order valence-corrected chi connectivity index (χ4v) is 4.40. The number of rotatable bonds is 6. The van der Waals surface area contributed by atoms with Crippen molar-refractivity contribution in [2.45, 2.75) is 38.8 Å². The van der Waals surface area contributed by atoms with E-state index in [1.165, 1.54) is 17.4 Å².